The van der Waals surface area contributed by atoms with Gasteiger partial charge < -0.3 is 10.1 Å². The fourth-order valence-corrected chi connectivity index (χ4v) is 5.41. The van der Waals surface area contributed by atoms with Crippen molar-refractivity contribution in [2.24, 2.45) is 0 Å². The minimum absolute atomic E-state index is 0.0725. The summed E-state index contributed by atoms with van der Waals surface area (Å²) in [4.78, 5) is 12.9. The Hall–Kier alpha value is -0.960. The van der Waals surface area contributed by atoms with Gasteiger partial charge in [-0.25, -0.2) is 17.9 Å². The van der Waals surface area contributed by atoms with Crippen molar-refractivity contribution in [1.29, 1.82) is 0 Å². The summed E-state index contributed by atoms with van der Waals surface area (Å²) < 4.78 is 32.5. The predicted molar refractivity (Wildman–Crippen MR) is 81.1 cm³/mol. The summed E-state index contributed by atoms with van der Waals surface area (Å²) >= 11 is 1.15. The van der Waals surface area contributed by atoms with Gasteiger partial charge >= 0.3 is 5.97 Å². The highest BCUT2D eigenvalue weighted by Gasteiger charge is 2.32. The predicted octanol–water partition coefficient (Wildman–Crippen LogP) is 1.26. The van der Waals surface area contributed by atoms with Crippen molar-refractivity contribution < 1.29 is 17.9 Å². The monoisotopic (exact) mass is 332 g/mol. The van der Waals surface area contributed by atoms with E-state index in [1.807, 2.05) is 6.92 Å². The number of ether oxygens (including phenoxy) is 1. The van der Waals surface area contributed by atoms with Gasteiger partial charge in [0.2, 0.25) is 0 Å². The third-order valence-corrected chi connectivity index (χ3v) is 6.84. The molecule has 1 aliphatic rings. The van der Waals surface area contributed by atoms with Crippen LogP contribution in [0.2, 0.25) is 0 Å². The molecule has 0 aromatic carbocycles. The molecule has 2 heterocycles. The minimum atomic E-state index is -3.71. The summed E-state index contributed by atoms with van der Waals surface area (Å²) in [7, 11) is -2.44. The number of methoxy groups -OCH3 is 1. The zero-order valence-corrected chi connectivity index (χ0v) is 14.0. The van der Waals surface area contributed by atoms with Crippen molar-refractivity contribution in [2.75, 3.05) is 13.7 Å². The SMILES string of the molecule is CCC(C)NS(=O)(=O)c1sc2c(c1C(=O)OC)CCNC2. The van der Waals surface area contributed by atoms with Gasteiger partial charge in [-0.05, 0) is 31.9 Å². The van der Waals surface area contributed by atoms with Crippen LogP contribution in [0.5, 0.6) is 0 Å². The van der Waals surface area contributed by atoms with E-state index in [0.717, 1.165) is 28.3 Å². The lowest BCUT2D eigenvalue weighted by atomic mass is 10.1. The molecular weight excluding hydrogens is 312 g/mol. The lowest BCUT2D eigenvalue weighted by Crippen LogP contribution is -2.32. The van der Waals surface area contributed by atoms with Crippen LogP contribution in [0.3, 0.4) is 0 Å². The van der Waals surface area contributed by atoms with E-state index in [1.54, 1.807) is 6.92 Å². The van der Waals surface area contributed by atoms with Crippen LogP contribution in [0, 0.1) is 0 Å². The molecule has 1 atom stereocenters. The van der Waals surface area contributed by atoms with Crippen molar-refractivity contribution >= 4 is 27.3 Å². The molecule has 2 N–H and O–H groups in total. The molecule has 0 bridgehead atoms. The molecule has 0 saturated carbocycles. The van der Waals surface area contributed by atoms with Crippen LogP contribution in [0.1, 0.15) is 41.1 Å². The largest absolute Gasteiger partial charge is 0.465 e. The third kappa shape index (κ3) is 3.28. The van der Waals surface area contributed by atoms with Crippen molar-refractivity contribution in [2.45, 2.75) is 43.5 Å². The van der Waals surface area contributed by atoms with Crippen molar-refractivity contribution in [3.8, 4) is 0 Å². The van der Waals surface area contributed by atoms with Crippen molar-refractivity contribution in [1.82, 2.24) is 10.0 Å². The number of rotatable bonds is 5. The maximum absolute atomic E-state index is 12.5. The van der Waals surface area contributed by atoms with Crippen LogP contribution in [-0.4, -0.2) is 34.1 Å². The first kappa shape index (κ1) is 16.4. The summed E-state index contributed by atoms with van der Waals surface area (Å²) in [5.41, 5.74) is 1.00. The van der Waals surface area contributed by atoms with E-state index in [4.69, 9.17) is 4.74 Å². The maximum atomic E-state index is 12.5. The zero-order chi connectivity index (χ0) is 15.6. The molecule has 1 aromatic heterocycles. The topological polar surface area (TPSA) is 84.5 Å². The maximum Gasteiger partial charge on any atom is 0.340 e. The highest BCUT2D eigenvalue weighted by atomic mass is 32.2. The summed E-state index contributed by atoms with van der Waals surface area (Å²) in [5.74, 6) is -0.584. The number of carbonyl (C=O) groups excluding carboxylic acids is 1. The summed E-state index contributed by atoms with van der Waals surface area (Å²) in [6.07, 6.45) is 1.31. The average molecular weight is 332 g/mol. The van der Waals surface area contributed by atoms with Gasteiger partial charge in [-0.1, -0.05) is 6.92 Å². The van der Waals surface area contributed by atoms with E-state index in [-0.39, 0.29) is 15.8 Å². The third-order valence-electron chi connectivity index (χ3n) is 3.50. The standard InChI is InChI=1S/C13H20N2O4S2/c1-4-8(2)15-21(17,18)13-11(12(16)19-3)9-5-6-14-7-10(9)20-13/h8,14-15H,4-7H2,1-3H3. The van der Waals surface area contributed by atoms with Crippen LogP contribution in [-0.2, 0) is 27.7 Å². The molecule has 1 aromatic rings. The summed E-state index contributed by atoms with van der Waals surface area (Å²) in [6.45, 7) is 5.01. The molecular formula is C13H20N2O4S2. The van der Waals surface area contributed by atoms with Gasteiger partial charge in [-0.2, -0.15) is 0 Å². The number of hydrogen-bond donors (Lipinski definition) is 2. The van der Waals surface area contributed by atoms with Crippen LogP contribution in [0.25, 0.3) is 0 Å². The Morgan fingerprint density at radius 1 is 1.52 bits per heavy atom. The molecule has 8 heteroatoms. The van der Waals surface area contributed by atoms with E-state index in [0.29, 0.717) is 19.4 Å². The van der Waals surface area contributed by atoms with E-state index in [1.165, 1.54) is 7.11 Å². The fraction of sp³-hybridized carbons (Fsp3) is 0.615. The number of fused-ring (bicyclic) bond motifs is 1. The van der Waals surface area contributed by atoms with Gasteiger partial charge in [0.15, 0.2) is 0 Å². The Morgan fingerprint density at radius 3 is 2.86 bits per heavy atom. The average Bonchev–Trinajstić information content (AvgIpc) is 2.86. The van der Waals surface area contributed by atoms with Gasteiger partial charge in [-0.15, -0.1) is 11.3 Å². The van der Waals surface area contributed by atoms with E-state index >= 15 is 0 Å². The second kappa shape index (κ2) is 6.43. The fourth-order valence-electron chi connectivity index (χ4n) is 2.21. The molecule has 0 saturated heterocycles. The van der Waals surface area contributed by atoms with Gasteiger partial charge in [0, 0.05) is 17.5 Å². The molecule has 0 amide bonds. The Balaban J connectivity index is 2.52. The normalized spacial score (nSPS) is 16.3. The van der Waals surface area contributed by atoms with E-state index in [9.17, 15) is 13.2 Å². The van der Waals surface area contributed by atoms with Crippen LogP contribution in [0.4, 0.5) is 0 Å². The first-order valence-electron chi connectivity index (χ1n) is 6.86. The molecule has 1 aliphatic heterocycles. The number of nitrogens with one attached hydrogen (secondary N) is 2. The minimum Gasteiger partial charge on any atom is -0.465 e. The number of carbonyl (C=O) groups is 1. The molecule has 1 unspecified atom stereocenters. The second-order valence-corrected chi connectivity index (χ2v) is 8.03. The molecule has 21 heavy (non-hydrogen) atoms. The van der Waals surface area contributed by atoms with Gasteiger partial charge in [0.05, 0.1) is 12.7 Å². The highest BCUT2D eigenvalue weighted by Crippen LogP contribution is 2.34. The first-order valence-corrected chi connectivity index (χ1v) is 9.16. The number of hydrogen-bond acceptors (Lipinski definition) is 6. The Kier molecular flexibility index (Phi) is 5.03. The molecule has 0 spiro atoms. The number of esters is 1. The first-order chi connectivity index (χ1) is 9.90. The Bertz CT molecular complexity index is 637. The Labute approximate surface area is 128 Å². The molecule has 6 nitrogen and oxygen atoms in total. The molecule has 0 radical (unpaired) electrons. The quantitative estimate of drug-likeness (QED) is 0.793. The van der Waals surface area contributed by atoms with Crippen LogP contribution >= 0.6 is 11.3 Å². The van der Waals surface area contributed by atoms with Gasteiger partial charge in [0.25, 0.3) is 10.0 Å². The number of thiophene rings is 1. The molecule has 0 aliphatic carbocycles. The van der Waals surface area contributed by atoms with Gasteiger partial charge in [-0.3, -0.25) is 0 Å². The zero-order valence-electron chi connectivity index (χ0n) is 12.4. The summed E-state index contributed by atoms with van der Waals surface area (Å²) in [6, 6.07) is -0.183. The van der Waals surface area contributed by atoms with E-state index in [2.05, 4.69) is 10.0 Å². The van der Waals surface area contributed by atoms with Gasteiger partial charge in [0.1, 0.15) is 4.21 Å². The molecule has 2 rings (SSSR count). The smallest absolute Gasteiger partial charge is 0.340 e. The van der Waals surface area contributed by atoms with Crippen LogP contribution in [0.15, 0.2) is 4.21 Å². The molecule has 0 fully saturated rings. The van der Waals surface area contributed by atoms with Crippen LogP contribution < -0.4 is 10.0 Å². The van der Waals surface area contributed by atoms with E-state index < -0.39 is 16.0 Å². The second-order valence-electron chi connectivity index (χ2n) is 5.02. The lowest BCUT2D eigenvalue weighted by molar-refractivity contribution is 0.0596. The van der Waals surface area contributed by atoms with Crippen molar-refractivity contribution in [3.63, 3.8) is 0 Å². The Morgan fingerprint density at radius 2 is 2.24 bits per heavy atom. The summed E-state index contributed by atoms with van der Waals surface area (Å²) in [5, 5.41) is 3.18. The van der Waals surface area contributed by atoms with Crippen molar-refractivity contribution in [3.05, 3.63) is 16.0 Å². The highest BCUT2D eigenvalue weighted by molar-refractivity contribution is 7.91. The molecule has 118 valence electrons. The number of sulfonamides is 1. The lowest BCUT2D eigenvalue weighted by Gasteiger charge is -2.14.